The van der Waals surface area contributed by atoms with E-state index < -0.39 is 15.1 Å². The summed E-state index contributed by atoms with van der Waals surface area (Å²) in [6, 6.07) is 13.5. The molecule has 1 unspecified atom stereocenters. The molecule has 192 valence electrons. The van der Waals surface area contributed by atoms with E-state index in [9.17, 15) is 9.47 Å². The standard InChI is InChI=1S/C27H31Cl2N3O3S/c1-7-8-23(31-19(2)32-36(5,6)33)18-35-24-11-9-21(10-12-24)27(3,4)22-15-20(17-30)26(25(29)16-22)34-14-13-28/h7-12,15-16H,2,5,13-14,18H2,1,3-4,6H3,(H,32,33)/b8-7-,31-23+. The lowest BCUT2D eigenvalue weighted by Crippen LogP contribution is -2.21. The molecule has 0 spiro atoms. The molecule has 0 fully saturated rings. The highest BCUT2D eigenvalue weighted by molar-refractivity contribution is 7.97. The fraction of sp³-hybridized carbons (Fsp3) is 0.296. The van der Waals surface area contributed by atoms with Crippen molar-refractivity contribution in [2.45, 2.75) is 26.2 Å². The number of nitrogens with zero attached hydrogens (tertiary/aromatic N) is 2. The summed E-state index contributed by atoms with van der Waals surface area (Å²) in [5.74, 6) is 5.09. The zero-order valence-corrected chi connectivity index (χ0v) is 23.3. The van der Waals surface area contributed by atoms with Gasteiger partial charge in [0.1, 0.15) is 30.9 Å². The Morgan fingerprint density at radius 1 is 1.25 bits per heavy atom. The van der Waals surface area contributed by atoms with Gasteiger partial charge >= 0.3 is 0 Å². The number of nitriles is 1. The Kier molecular flexibility index (Phi) is 10.5. The van der Waals surface area contributed by atoms with Gasteiger partial charge in [0.15, 0.2) is 5.75 Å². The number of ether oxygens (including phenoxy) is 2. The maximum Gasteiger partial charge on any atom is 0.155 e. The first-order valence-electron chi connectivity index (χ1n) is 11.1. The summed E-state index contributed by atoms with van der Waals surface area (Å²) in [6.07, 6.45) is 5.10. The fourth-order valence-corrected chi connectivity index (χ4v) is 4.27. The molecule has 1 atom stereocenters. The molecule has 0 radical (unpaired) electrons. The molecule has 6 nitrogen and oxygen atoms in total. The molecule has 0 heterocycles. The number of halogens is 2. The predicted molar refractivity (Wildman–Crippen MR) is 152 cm³/mol. The number of allylic oxidation sites excluding steroid dienone is 1. The molecule has 0 saturated carbocycles. The van der Waals surface area contributed by atoms with Crippen LogP contribution in [0.15, 0.2) is 65.9 Å². The summed E-state index contributed by atoms with van der Waals surface area (Å²) in [5, 5.41) is 9.98. The molecule has 9 heteroatoms. The lowest BCUT2D eigenvalue weighted by atomic mass is 9.77. The SMILES string of the molecule is C=C(/N=C(\C=C/C)COc1ccc(C(C)(C)c2cc(Cl)c(OCCCl)c(C#N)c2)cc1)NS(=C)(C)=O. The van der Waals surface area contributed by atoms with Crippen molar-refractivity contribution in [1.29, 1.82) is 5.26 Å². The molecule has 0 aliphatic heterocycles. The van der Waals surface area contributed by atoms with E-state index in [1.165, 1.54) is 6.26 Å². The summed E-state index contributed by atoms with van der Waals surface area (Å²) >= 11 is 12.2. The van der Waals surface area contributed by atoms with Crippen LogP contribution in [0.4, 0.5) is 0 Å². The van der Waals surface area contributed by atoms with E-state index in [1.807, 2.05) is 43.3 Å². The summed E-state index contributed by atoms with van der Waals surface area (Å²) in [4.78, 5) is 4.34. The van der Waals surface area contributed by atoms with E-state index in [2.05, 4.69) is 42.1 Å². The third-order valence-electron chi connectivity index (χ3n) is 5.14. The topological polar surface area (TPSA) is 83.7 Å². The van der Waals surface area contributed by atoms with Crippen molar-refractivity contribution in [3.05, 3.63) is 82.7 Å². The Morgan fingerprint density at radius 3 is 2.47 bits per heavy atom. The second kappa shape index (κ2) is 12.9. The second-order valence-corrected chi connectivity index (χ2v) is 11.6. The van der Waals surface area contributed by atoms with Crippen LogP contribution in [0.25, 0.3) is 0 Å². The van der Waals surface area contributed by atoms with Gasteiger partial charge in [-0.1, -0.05) is 50.2 Å². The number of hydrogen-bond donors (Lipinski definition) is 1. The minimum atomic E-state index is -2.47. The number of benzene rings is 2. The van der Waals surface area contributed by atoms with Crippen LogP contribution < -0.4 is 14.2 Å². The van der Waals surface area contributed by atoms with Crippen molar-refractivity contribution in [2.24, 2.45) is 4.99 Å². The van der Waals surface area contributed by atoms with E-state index in [-0.39, 0.29) is 19.0 Å². The highest BCUT2D eigenvalue weighted by Gasteiger charge is 2.26. The average molecular weight is 549 g/mol. The zero-order chi connectivity index (χ0) is 26.9. The molecular weight excluding hydrogens is 517 g/mol. The van der Waals surface area contributed by atoms with E-state index >= 15 is 0 Å². The molecule has 0 amide bonds. The maximum atomic E-state index is 11.8. The molecule has 2 aromatic carbocycles. The normalized spacial score (nSPS) is 13.6. The van der Waals surface area contributed by atoms with Gasteiger partial charge in [-0.05, 0) is 54.3 Å². The van der Waals surface area contributed by atoms with Crippen molar-refractivity contribution < 1.29 is 13.7 Å². The van der Waals surface area contributed by atoms with E-state index in [0.29, 0.717) is 33.7 Å². The van der Waals surface area contributed by atoms with Crippen molar-refractivity contribution >= 4 is 44.5 Å². The number of rotatable bonds is 12. The Labute approximate surface area is 224 Å². The van der Waals surface area contributed by atoms with Crippen molar-refractivity contribution in [3.63, 3.8) is 0 Å². The summed E-state index contributed by atoms with van der Waals surface area (Å²) < 4.78 is 26.0. The number of alkyl halides is 1. The Bertz CT molecular complexity index is 1290. The lowest BCUT2D eigenvalue weighted by Gasteiger charge is -2.27. The molecule has 0 saturated heterocycles. The van der Waals surface area contributed by atoms with Gasteiger partial charge < -0.3 is 9.47 Å². The van der Waals surface area contributed by atoms with Gasteiger partial charge in [0.05, 0.1) is 22.2 Å². The van der Waals surface area contributed by atoms with Crippen LogP contribution in [-0.4, -0.2) is 41.1 Å². The van der Waals surface area contributed by atoms with Gasteiger partial charge in [0, 0.05) is 21.4 Å². The predicted octanol–water partition coefficient (Wildman–Crippen LogP) is 5.87. The Hall–Kier alpha value is -2.92. The number of nitrogens with one attached hydrogen (secondary N) is 1. The third-order valence-corrected chi connectivity index (χ3v) is 6.25. The van der Waals surface area contributed by atoms with Crippen molar-refractivity contribution in [1.82, 2.24) is 4.72 Å². The van der Waals surface area contributed by atoms with E-state index in [4.69, 9.17) is 32.7 Å². The van der Waals surface area contributed by atoms with Gasteiger partial charge in [-0.25, -0.2) is 9.20 Å². The number of hydrogen-bond acceptors (Lipinski definition) is 5. The number of aliphatic imine (C=N–C) groups is 1. The molecule has 2 rings (SSSR count). The third kappa shape index (κ3) is 8.34. The fourth-order valence-electron chi connectivity index (χ4n) is 3.37. The van der Waals surface area contributed by atoms with Crippen molar-refractivity contribution in [3.8, 4) is 17.6 Å². The summed E-state index contributed by atoms with van der Waals surface area (Å²) in [5.41, 5.74) is 2.42. The quantitative estimate of drug-likeness (QED) is 0.204. The molecule has 0 bridgehead atoms. The average Bonchev–Trinajstić information content (AvgIpc) is 2.80. The molecule has 1 N–H and O–H groups in total. The Balaban J connectivity index is 2.22. The van der Waals surface area contributed by atoms with Crippen LogP contribution in [0.5, 0.6) is 11.5 Å². The largest absolute Gasteiger partial charge is 0.489 e. The highest BCUT2D eigenvalue weighted by atomic mass is 35.5. The van der Waals surface area contributed by atoms with Gasteiger partial charge in [0.25, 0.3) is 0 Å². The monoisotopic (exact) mass is 547 g/mol. The first-order chi connectivity index (χ1) is 16.9. The lowest BCUT2D eigenvalue weighted by molar-refractivity contribution is 0.341. The summed E-state index contributed by atoms with van der Waals surface area (Å²) in [7, 11) is -2.47. The minimum absolute atomic E-state index is 0.195. The molecule has 36 heavy (non-hydrogen) atoms. The van der Waals surface area contributed by atoms with Gasteiger partial charge in [0.2, 0.25) is 0 Å². The molecule has 2 aromatic rings. The molecule has 0 aliphatic carbocycles. The first-order valence-corrected chi connectivity index (χ1v) is 14.1. The molecule has 0 aliphatic rings. The van der Waals surface area contributed by atoms with Gasteiger partial charge in [-0.2, -0.15) is 5.26 Å². The van der Waals surface area contributed by atoms with Crippen LogP contribution >= 0.6 is 23.2 Å². The van der Waals surface area contributed by atoms with E-state index in [1.54, 1.807) is 12.1 Å². The van der Waals surface area contributed by atoms with Crippen LogP contribution in [-0.2, 0) is 15.1 Å². The maximum absolute atomic E-state index is 11.8. The molecular formula is C27H31Cl2N3O3S. The minimum Gasteiger partial charge on any atom is -0.489 e. The van der Waals surface area contributed by atoms with Gasteiger partial charge in [-0.3, -0.25) is 4.72 Å². The van der Waals surface area contributed by atoms with Crippen LogP contribution in [0, 0.1) is 11.3 Å². The second-order valence-electron chi connectivity index (χ2n) is 8.58. The Morgan fingerprint density at radius 2 is 1.92 bits per heavy atom. The first kappa shape index (κ1) is 29.3. The van der Waals surface area contributed by atoms with Crippen LogP contribution in [0.1, 0.15) is 37.5 Å². The summed E-state index contributed by atoms with van der Waals surface area (Å²) in [6.45, 7) is 10.2. The highest BCUT2D eigenvalue weighted by Crippen LogP contribution is 2.38. The molecule has 0 aromatic heterocycles. The smallest absolute Gasteiger partial charge is 0.155 e. The van der Waals surface area contributed by atoms with E-state index in [0.717, 1.165) is 11.1 Å². The zero-order valence-electron chi connectivity index (χ0n) is 20.9. The van der Waals surface area contributed by atoms with Gasteiger partial charge in [-0.15, -0.1) is 11.6 Å². The van der Waals surface area contributed by atoms with Crippen LogP contribution in [0.3, 0.4) is 0 Å². The van der Waals surface area contributed by atoms with Crippen LogP contribution in [0.2, 0.25) is 5.02 Å². The van der Waals surface area contributed by atoms with Crippen molar-refractivity contribution in [2.75, 3.05) is 25.3 Å².